The summed E-state index contributed by atoms with van der Waals surface area (Å²) < 4.78 is 0. The molecule has 2 fully saturated rings. The van der Waals surface area contributed by atoms with Crippen LogP contribution >= 0.6 is 0 Å². The highest BCUT2D eigenvalue weighted by Crippen LogP contribution is 2.10. The molecular weight excluding hydrogens is 230 g/mol. The third-order valence-corrected chi connectivity index (χ3v) is 3.93. The summed E-state index contributed by atoms with van der Waals surface area (Å²) in [7, 11) is 0. The number of piperazine rings is 1. The van der Waals surface area contributed by atoms with Crippen LogP contribution in [0.2, 0.25) is 0 Å². The molecule has 0 aromatic rings. The predicted octanol–water partition coefficient (Wildman–Crippen LogP) is 0.163. The Kier molecular flexibility index (Phi) is 4.58. The Labute approximate surface area is 109 Å². The first-order valence-corrected chi connectivity index (χ1v) is 7.03. The number of likely N-dealkylation sites (tertiary alicyclic amines) is 1. The third-order valence-electron chi connectivity index (χ3n) is 3.93. The second-order valence-electron chi connectivity index (χ2n) is 5.08. The van der Waals surface area contributed by atoms with Gasteiger partial charge >= 0.3 is 11.8 Å². The molecule has 2 rings (SSSR count). The van der Waals surface area contributed by atoms with Crippen LogP contribution in [0.3, 0.4) is 0 Å². The van der Waals surface area contributed by atoms with Crippen molar-refractivity contribution in [1.29, 1.82) is 0 Å². The smallest absolute Gasteiger partial charge is 0.312 e. The third kappa shape index (κ3) is 3.02. The molecule has 0 aromatic carbocycles. The molecule has 2 saturated heterocycles. The maximum absolute atomic E-state index is 12.1. The van der Waals surface area contributed by atoms with Crippen LogP contribution in [0.4, 0.5) is 0 Å². The first kappa shape index (κ1) is 13.3. The first-order chi connectivity index (χ1) is 8.72. The summed E-state index contributed by atoms with van der Waals surface area (Å²) in [5.41, 5.74) is 0. The summed E-state index contributed by atoms with van der Waals surface area (Å²) in [6.45, 7) is 7.78. The van der Waals surface area contributed by atoms with E-state index in [4.69, 9.17) is 0 Å². The highest BCUT2D eigenvalue weighted by atomic mass is 16.2. The Bertz CT molecular complexity index is 305. The summed E-state index contributed by atoms with van der Waals surface area (Å²) in [5.74, 6) is -0.590. The zero-order chi connectivity index (χ0) is 13.0. The molecule has 0 unspecified atom stereocenters. The number of hydrogen-bond donors (Lipinski definition) is 0. The van der Waals surface area contributed by atoms with Gasteiger partial charge in [0.15, 0.2) is 0 Å². The van der Waals surface area contributed by atoms with Crippen molar-refractivity contribution >= 4 is 11.8 Å². The number of amides is 2. The van der Waals surface area contributed by atoms with Crippen LogP contribution in [-0.4, -0.2) is 72.3 Å². The average Bonchev–Trinajstić information content (AvgIpc) is 2.47. The zero-order valence-corrected chi connectivity index (χ0v) is 11.2. The Morgan fingerprint density at radius 1 is 0.778 bits per heavy atom. The lowest BCUT2D eigenvalue weighted by Crippen LogP contribution is -2.53. The lowest BCUT2D eigenvalue weighted by molar-refractivity contribution is -0.153. The summed E-state index contributed by atoms with van der Waals surface area (Å²) in [5, 5.41) is 0. The van der Waals surface area contributed by atoms with Gasteiger partial charge in [-0.2, -0.15) is 0 Å². The number of likely N-dealkylation sites (N-methyl/N-ethyl adjacent to an activating group) is 1. The van der Waals surface area contributed by atoms with Gasteiger partial charge < -0.3 is 14.7 Å². The van der Waals surface area contributed by atoms with Crippen LogP contribution in [0, 0.1) is 0 Å². The van der Waals surface area contributed by atoms with E-state index in [0.29, 0.717) is 13.1 Å². The van der Waals surface area contributed by atoms with Crippen molar-refractivity contribution < 1.29 is 9.59 Å². The van der Waals surface area contributed by atoms with E-state index in [-0.39, 0.29) is 11.8 Å². The minimum atomic E-state index is -0.298. The molecule has 2 aliphatic heterocycles. The first-order valence-electron chi connectivity index (χ1n) is 7.03. The monoisotopic (exact) mass is 253 g/mol. The van der Waals surface area contributed by atoms with Gasteiger partial charge in [-0.15, -0.1) is 0 Å². The largest absolute Gasteiger partial charge is 0.334 e. The van der Waals surface area contributed by atoms with Gasteiger partial charge in [0.2, 0.25) is 0 Å². The molecule has 0 radical (unpaired) electrons. The summed E-state index contributed by atoms with van der Waals surface area (Å²) in [6, 6.07) is 0. The summed E-state index contributed by atoms with van der Waals surface area (Å²) >= 11 is 0. The normalized spacial score (nSPS) is 22.1. The number of hydrogen-bond acceptors (Lipinski definition) is 3. The standard InChI is InChI=1S/C13H23N3O2/c1-2-14-8-10-16(11-9-14)13(18)12(17)15-6-4-3-5-7-15/h2-11H2,1H3. The van der Waals surface area contributed by atoms with Crippen molar-refractivity contribution in [3.8, 4) is 0 Å². The van der Waals surface area contributed by atoms with Crippen molar-refractivity contribution in [2.24, 2.45) is 0 Å². The fraction of sp³-hybridized carbons (Fsp3) is 0.846. The summed E-state index contributed by atoms with van der Waals surface area (Å²) in [6.07, 6.45) is 3.23. The van der Waals surface area contributed by atoms with Gasteiger partial charge in [0, 0.05) is 39.3 Å². The van der Waals surface area contributed by atoms with Gasteiger partial charge in [0.05, 0.1) is 0 Å². The molecule has 102 valence electrons. The maximum atomic E-state index is 12.1. The zero-order valence-electron chi connectivity index (χ0n) is 11.2. The van der Waals surface area contributed by atoms with Gasteiger partial charge in [0.25, 0.3) is 0 Å². The lowest BCUT2D eigenvalue weighted by Gasteiger charge is -2.35. The van der Waals surface area contributed by atoms with Crippen LogP contribution < -0.4 is 0 Å². The Hall–Kier alpha value is -1.10. The molecule has 0 aliphatic carbocycles. The maximum Gasteiger partial charge on any atom is 0.312 e. The lowest BCUT2D eigenvalue weighted by atomic mass is 10.1. The fourth-order valence-electron chi connectivity index (χ4n) is 2.63. The van der Waals surface area contributed by atoms with E-state index in [1.54, 1.807) is 9.80 Å². The second-order valence-corrected chi connectivity index (χ2v) is 5.08. The van der Waals surface area contributed by atoms with Crippen molar-refractivity contribution in [1.82, 2.24) is 14.7 Å². The molecule has 0 N–H and O–H groups in total. The molecule has 2 heterocycles. The van der Waals surface area contributed by atoms with E-state index in [0.717, 1.165) is 45.6 Å². The van der Waals surface area contributed by atoms with Crippen LogP contribution in [-0.2, 0) is 9.59 Å². The molecule has 18 heavy (non-hydrogen) atoms. The SMILES string of the molecule is CCN1CCN(C(=O)C(=O)N2CCCCC2)CC1. The number of piperidine rings is 1. The highest BCUT2D eigenvalue weighted by Gasteiger charge is 2.29. The minimum absolute atomic E-state index is 0.292. The van der Waals surface area contributed by atoms with Gasteiger partial charge in [-0.25, -0.2) is 0 Å². The molecule has 2 amide bonds. The van der Waals surface area contributed by atoms with E-state index in [9.17, 15) is 9.59 Å². The number of nitrogens with zero attached hydrogens (tertiary/aromatic N) is 3. The van der Waals surface area contributed by atoms with Crippen LogP contribution in [0.25, 0.3) is 0 Å². The molecule has 0 bridgehead atoms. The van der Waals surface area contributed by atoms with Gasteiger partial charge in [-0.3, -0.25) is 9.59 Å². The second kappa shape index (κ2) is 6.18. The van der Waals surface area contributed by atoms with Crippen molar-refractivity contribution in [2.45, 2.75) is 26.2 Å². The van der Waals surface area contributed by atoms with Gasteiger partial charge in [-0.05, 0) is 25.8 Å². The van der Waals surface area contributed by atoms with E-state index in [1.807, 2.05) is 0 Å². The quantitative estimate of drug-likeness (QED) is 0.625. The Morgan fingerprint density at radius 2 is 1.28 bits per heavy atom. The average molecular weight is 253 g/mol. The number of carbonyl (C=O) groups excluding carboxylic acids is 2. The summed E-state index contributed by atoms with van der Waals surface area (Å²) in [4.78, 5) is 29.9. The van der Waals surface area contributed by atoms with Gasteiger partial charge in [-0.1, -0.05) is 6.92 Å². The molecule has 0 atom stereocenters. The van der Waals surface area contributed by atoms with Crippen molar-refractivity contribution in [3.63, 3.8) is 0 Å². The van der Waals surface area contributed by atoms with Crippen LogP contribution in [0.1, 0.15) is 26.2 Å². The Balaban J connectivity index is 1.85. The van der Waals surface area contributed by atoms with E-state index >= 15 is 0 Å². The van der Waals surface area contributed by atoms with Crippen molar-refractivity contribution in [3.05, 3.63) is 0 Å². The molecule has 5 heteroatoms. The van der Waals surface area contributed by atoms with Crippen LogP contribution in [0.15, 0.2) is 0 Å². The Morgan fingerprint density at radius 3 is 1.78 bits per heavy atom. The molecule has 5 nitrogen and oxygen atoms in total. The van der Waals surface area contributed by atoms with E-state index in [1.165, 1.54) is 6.42 Å². The molecular formula is C13H23N3O2. The van der Waals surface area contributed by atoms with Crippen LogP contribution in [0.5, 0.6) is 0 Å². The van der Waals surface area contributed by atoms with Crippen molar-refractivity contribution in [2.75, 3.05) is 45.8 Å². The molecule has 0 aromatic heterocycles. The molecule has 2 aliphatic rings. The van der Waals surface area contributed by atoms with E-state index in [2.05, 4.69) is 11.8 Å². The highest BCUT2D eigenvalue weighted by molar-refractivity contribution is 6.34. The van der Waals surface area contributed by atoms with Gasteiger partial charge in [0.1, 0.15) is 0 Å². The molecule has 0 spiro atoms. The fourth-order valence-corrected chi connectivity index (χ4v) is 2.63. The van der Waals surface area contributed by atoms with E-state index < -0.39 is 0 Å². The predicted molar refractivity (Wildman–Crippen MR) is 69.1 cm³/mol. The number of rotatable bonds is 1. The minimum Gasteiger partial charge on any atom is -0.334 e. The topological polar surface area (TPSA) is 43.9 Å². The molecule has 0 saturated carbocycles. The number of carbonyl (C=O) groups is 2.